The first-order valence-electron chi connectivity index (χ1n) is 5.52. The fourth-order valence-corrected chi connectivity index (χ4v) is 2.54. The number of hydrogen-bond acceptors (Lipinski definition) is 2. The molecule has 1 saturated carbocycles. The maximum atomic E-state index is 13.8. The third-order valence-electron chi connectivity index (χ3n) is 3.50. The van der Waals surface area contributed by atoms with Crippen LogP contribution in [0.1, 0.15) is 24.3 Å². The molecule has 1 heterocycles. The minimum atomic E-state index is -0.127. The quantitative estimate of drug-likeness (QED) is 0.796. The van der Waals surface area contributed by atoms with E-state index in [2.05, 4.69) is 5.10 Å². The minimum Gasteiger partial charge on any atom is -0.328 e. The van der Waals surface area contributed by atoms with Gasteiger partial charge in [-0.15, -0.1) is 0 Å². The molecule has 1 aliphatic rings. The lowest BCUT2D eigenvalue weighted by molar-refractivity contribution is 0.344. The Hall–Kier alpha value is -1.42. The summed E-state index contributed by atoms with van der Waals surface area (Å²) in [5, 5.41) is 5.11. The molecule has 0 saturated heterocycles. The Balaban J connectivity index is 2.17. The summed E-state index contributed by atoms with van der Waals surface area (Å²) in [5.74, 6) is 0.139. The molecule has 1 aromatic heterocycles. The number of nitrogens with two attached hydrogens (primary N) is 1. The largest absolute Gasteiger partial charge is 0.328 e. The maximum Gasteiger partial charge on any atom is 0.127 e. The van der Waals surface area contributed by atoms with Crippen LogP contribution in [0.5, 0.6) is 0 Å². The zero-order valence-electron chi connectivity index (χ0n) is 9.15. The first-order valence-corrected chi connectivity index (χ1v) is 5.52. The molecule has 4 heteroatoms. The van der Waals surface area contributed by atoms with Gasteiger partial charge in [-0.05, 0) is 30.9 Å². The number of benzene rings is 1. The van der Waals surface area contributed by atoms with Crippen molar-refractivity contribution in [3.8, 4) is 0 Å². The Morgan fingerprint density at radius 2 is 2.19 bits per heavy atom. The molecule has 1 aromatic carbocycles. The molecule has 0 bridgehead atoms. The third-order valence-corrected chi connectivity index (χ3v) is 3.50. The van der Waals surface area contributed by atoms with Crippen LogP contribution in [0.3, 0.4) is 0 Å². The van der Waals surface area contributed by atoms with Crippen LogP contribution < -0.4 is 5.73 Å². The molecule has 0 amide bonds. The molecule has 3 rings (SSSR count). The van der Waals surface area contributed by atoms with Gasteiger partial charge in [-0.2, -0.15) is 5.10 Å². The Labute approximate surface area is 93.0 Å². The van der Waals surface area contributed by atoms with Gasteiger partial charge in [-0.1, -0.05) is 0 Å². The van der Waals surface area contributed by atoms with Crippen molar-refractivity contribution in [1.82, 2.24) is 9.78 Å². The fraction of sp³-hybridized carbons (Fsp3) is 0.417. The van der Waals surface area contributed by atoms with Crippen LogP contribution in [-0.4, -0.2) is 15.8 Å². The highest BCUT2D eigenvalue weighted by atomic mass is 19.1. The highest BCUT2D eigenvalue weighted by molar-refractivity contribution is 5.83. The maximum absolute atomic E-state index is 13.8. The Morgan fingerprint density at radius 3 is 2.88 bits per heavy atom. The number of halogens is 1. The molecular formula is C12H14FN3. The van der Waals surface area contributed by atoms with Gasteiger partial charge in [0.2, 0.25) is 0 Å². The number of rotatable bonds is 1. The molecule has 0 aliphatic heterocycles. The molecule has 3 nitrogen and oxygen atoms in total. The fourth-order valence-electron chi connectivity index (χ4n) is 2.54. The molecular weight excluding hydrogens is 205 g/mol. The summed E-state index contributed by atoms with van der Waals surface area (Å²) in [6.45, 7) is 0. The molecule has 84 valence electrons. The van der Waals surface area contributed by atoms with E-state index in [4.69, 9.17) is 5.73 Å². The lowest BCUT2D eigenvalue weighted by Crippen LogP contribution is -2.35. The van der Waals surface area contributed by atoms with Crippen LogP contribution in [0.25, 0.3) is 10.9 Å². The Kier molecular flexibility index (Phi) is 2.01. The summed E-state index contributed by atoms with van der Waals surface area (Å²) in [5.41, 5.74) is 7.54. The molecule has 0 atom stereocenters. The first-order chi connectivity index (χ1) is 7.66. The van der Waals surface area contributed by atoms with Crippen LogP contribution in [0.15, 0.2) is 18.3 Å². The van der Waals surface area contributed by atoms with E-state index in [-0.39, 0.29) is 17.8 Å². The van der Waals surface area contributed by atoms with Crippen LogP contribution in [0.2, 0.25) is 0 Å². The summed E-state index contributed by atoms with van der Waals surface area (Å²) >= 11 is 0. The topological polar surface area (TPSA) is 43.8 Å². The van der Waals surface area contributed by atoms with E-state index < -0.39 is 0 Å². The summed E-state index contributed by atoms with van der Waals surface area (Å²) < 4.78 is 15.6. The zero-order chi connectivity index (χ0) is 11.3. The standard InChI is InChI=1S/C12H14FN3/c1-16-11-3-2-10(13)12(9(11)6-15-16)7-4-8(14)5-7/h2-3,6-8H,4-5,14H2,1H3. The minimum absolute atomic E-state index is 0.127. The van der Waals surface area contributed by atoms with Gasteiger partial charge in [0.1, 0.15) is 5.82 Å². The lowest BCUT2D eigenvalue weighted by atomic mass is 9.75. The van der Waals surface area contributed by atoms with Gasteiger partial charge in [-0.3, -0.25) is 4.68 Å². The SMILES string of the molecule is Cn1ncc2c(C3CC(N)C3)c(F)ccc21. The zero-order valence-corrected chi connectivity index (χ0v) is 9.15. The summed E-state index contributed by atoms with van der Waals surface area (Å²) in [6, 6.07) is 3.54. The van der Waals surface area contributed by atoms with E-state index in [0.29, 0.717) is 0 Å². The van der Waals surface area contributed by atoms with Gasteiger partial charge in [0.25, 0.3) is 0 Å². The highest BCUT2D eigenvalue weighted by Gasteiger charge is 2.31. The number of aromatic nitrogens is 2. The van der Waals surface area contributed by atoms with Gasteiger partial charge in [0.15, 0.2) is 0 Å². The van der Waals surface area contributed by atoms with E-state index in [1.54, 1.807) is 16.9 Å². The smallest absolute Gasteiger partial charge is 0.127 e. The van der Waals surface area contributed by atoms with Crippen molar-refractivity contribution in [2.45, 2.75) is 24.8 Å². The molecule has 0 spiro atoms. The van der Waals surface area contributed by atoms with E-state index in [1.807, 2.05) is 7.05 Å². The summed E-state index contributed by atoms with van der Waals surface area (Å²) in [4.78, 5) is 0. The number of aryl methyl sites for hydroxylation is 1. The number of nitrogens with zero attached hydrogens (tertiary/aromatic N) is 2. The third kappa shape index (κ3) is 1.26. The molecule has 2 aromatic rings. The van der Waals surface area contributed by atoms with Crippen LogP contribution in [-0.2, 0) is 7.05 Å². The summed E-state index contributed by atoms with van der Waals surface area (Å²) in [6.07, 6.45) is 3.51. The lowest BCUT2D eigenvalue weighted by Gasteiger charge is -2.33. The second-order valence-electron chi connectivity index (χ2n) is 4.59. The van der Waals surface area contributed by atoms with Gasteiger partial charge in [0, 0.05) is 24.0 Å². The molecule has 0 unspecified atom stereocenters. The summed E-state index contributed by atoms with van der Waals surface area (Å²) in [7, 11) is 1.87. The predicted octanol–water partition coefficient (Wildman–Crippen LogP) is 1.92. The first kappa shape index (κ1) is 9.78. The highest BCUT2D eigenvalue weighted by Crippen LogP contribution is 2.40. The van der Waals surface area contributed by atoms with Crippen molar-refractivity contribution in [2.75, 3.05) is 0 Å². The van der Waals surface area contributed by atoms with Crippen LogP contribution in [0.4, 0.5) is 4.39 Å². The number of hydrogen-bond donors (Lipinski definition) is 1. The predicted molar refractivity (Wildman–Crippen MR) is 60.6 cm³/mol. The van der Waals surface area contributed by atoms with Crippen LogP contribution in [0, 0.1) is 5.82 Å². The van der Waals surface area contributed by atoms with E-state index in [1.165, 1.54) is 6.07 Å². The average Bonchev–Trinajstić information content (AvgIpc) is 2.57. The molecule has 1 aliphatic carbocycles. The van der Waals surface area contributed by atoms with Gasteiger partial charge in [0.05, 0.1) is 11.7 Å². The normalized spacial score (nSPS) is 24.7. The van der Waals surface area contributed by atoms with Crippen molar-refractivity contribution >= 4 is 10.9 Å². The van der Waals surface area contributed by atoms with Gasteiger partial charge in [-0.25, -0.2) is 4.39 Å². The van der Waals surface area contributed by atoms with E-state index >= 15 is 0 Å². The second kappa shape index (κ2) is 3.28. The number of fused-ring (bicyclic) bond motifs is 1. The molecule has 1 fully saturated rings. The van der Waals surface area contributed by atoms with Crippen molar-refractivity contribution in [2.24, 2.45) is 12.8 Å². The molecule has 2 N–H and O–H groups in total. The Morgan fingerprint density at radius 1 is 1.44 bits per heavy atom. The van der Waals surface area contributed by atoms with Crippen molar-refractivity contribution < 1.29 is 4.39 Å². The van der Waals surface area contributed by atoms with Crippen molar-refractivity contribution in [3.05, 3.63) is 29.7 Å². The molecule has 0 radical (unpaired) electrons. The van der Waals surface area contributed by atoms with Crippen LogP contribution >= 0.6 is 0 Å². The monoisotopic (exact) mass is 219 g/mol. The van der Waals surface area contributed by atoms with E-state index in [0.717, 1.165) is 29.3 Å². The average molecular weight is 219 g/mol. The van der Waals surface area contributed by atoms with Crippen molar-refractivity contribution in [3.63, 3.8) is 0 Å². The van der Waals surface area contributed by atoms with Gasteiger partial charge >= 0.3 is 0 Å². The second-order valence-corrected chi connectivity index (χ2v) is 4.59. The Bertz CT molecular complexity index is 540. The molecule has 16 heavy (non-hydrogen) atoms. The van der Waals surface area contributed by atoms with E-state index in [9.17, 15) is 4.39 Å². The van der Waals surface area contributed by atoms with Gasteiger partial charge < -0.3 is 5.73 Å². The van der Waals surface area contributed by atoms with Crippen molar-refractivity contribution in [1.29, 1.82) is 0 Å².